The zero-order valence-corrected chi connectivity index (χ0v) is 18.1. The number of amides is 1. The molecule has 1 amide bonds. The van der Waals surface area contributed by atoms with Crippen LogP contribution in [0.4, 0.5) is 11.6 Å². The molecule has 0 aliphatic heterocycles. The number of halogens is 1. The van der Waals surface area contributed by atoms with Crippen LogP contribution in [0.1, 0.15) is 49.9 Å². The topological polar surface area (TPSA) is 66.9 Å². The number of benzene rings is 2. The number of anilines is 2. The maximum absolute atomic E-state index is 12.4. The Bertz CT molecular complexity index is 958. The number of nitrogens with zero attached hydrogens (tertiary/aromatic N) is 2. The molecular weight excluding hydrogens is 396 g/mol. The van der Waals surface area contributed by atoms with Gasteiger partial charge in [0.15, 0.2) is 0 Å². The summed E-state index contributed by atoms with van der Waals surface area (Å²) in [6, 6.07) is 16.9. The van der Waals surface area contributed by atoms with Gasteiger partial charge in [0.2, 0.25) is 5.95 Å². The Hall–Kier alpha value is -2.92. The minimum Gasteiger partial charge on any atom is -0.350 e. The first-order chi connectivity index (χ1) is 14.5. The van der Waals surface area contributed by atoms with Crippen molar-refractivity contribution in [1.82, 2.24) is 15.3 Å². The van der Waals surface area contributed by atoms with E-state index in [2.05, 4.69) is 34.4 Å². The predicted octanol–water partition coefficient (Wildman–Crippen LogP) is 6.24. The lowest BCUT2D eigenvalue weighted by Crippen LogP contribution is -2.32. The number of nitrogens with one attached hydrogen (secondary N) is 2. The molecule has 3 aromatic rings. The van der Waals surface area contributed by atoms with Crippen molar-refractivity contribution < 1.29 is 4.79 Å². The van der Waals surface area contributed by atoms with Crippen LogP contribution in [-0.2, 0) is 0 Å². The van der Waals surface area contributed by atoms with Crippen molar-refractivity contribution in [2.75, 3.05) is 5.32 Å². The normalized spacial score (nSPS) is 11.7. The lowest BCUT2D eigenvalue weighted by molar-refractivity contribution is 0.0938. The van der Waals surface area contributed by atoms with Gasteiger partial charge in [-0.25, -0.2) is 9.97 Å². The minimum atomic E-state index is -0.0495. The standard InChI is InChI=1S/C24H27ClN4O/c1-3-4-5-6-17(2)27-23(30)19-9-13-21(14-10-19)28-24-26-16-15-22(29-24)18-7-11-20(25)12-8-18/h7-17H,3-6H2,1-2H3,(H,27,30)(H,26,28,29). The largest absolute Gasteiger partial charge is 0.350 e. The molecule has 1 aromatic heterocycles. The van der Waals surface area contributed by atoms with E-state index < -0.39 is 0 Å². The number of hydrogen-bond acceptors (Lipinski definition) is 4. The van der Waals surface area contributed by atoms with E-state index in [9.17, 15) is 4.79 Å². The van der Waals surface area contributed by atoms with E-state index in [1.807, 2.05) is 42.5 Å². The summed E-state index contributed by atoms with van der Waals surface area (Å²) in [5, 5.41) is 6.93. The molecule has 0 fully saturated rings. The molecule has 2 N–H and O–H groups in total. The fourth-order valence-electron chi connectivity index (χ4n) is 3.11. The molecule has 2 aromatic carbocycles. The summed E-state index contributed by atoms with van der Waals surface area (Å²) in [5.74, 6) is 0.440. The van der Waals surface area contributed by atoms with Crippen LogP contribution in [0.5, 0.6) is 0 Å². The lowest BCUT2D eigenvalue weighted by atomic mass is 10.1. The predicted molar refractivity (Wildman–Crippen MR) is 123 cm³/mol. The van der Waals surface area contributed by atoms with Crippen molar-refractivity contribution in [1.29, 1.82) is 0 Å². The molecule has 0 spiro atoms. The molecule has 0 saturated heterocycles. The second kappa shape index (κ2) is 10.7. The third-order valence-electron chi connectivity index (χ3n) is 4.82. The van der Waals surface area contributed by atoms with E-state index in [1.54, 1.807) is 18.3 Å². The SMILES string of the molecule is CCCCCC(C)NC(=O)c1ccc(Nc2nccc(-c3ccc(Cl)cc3)n2)cc1. The Morgan fingerprint density at radius 3 is 2.47 bits per heavy atom. The van der Waals surface area contributed by atoms with Crippen molar-refractivity contribution in [3.05, 3.63) is 71.4 Å². The maximum Gasteiger partial charge on any atom is 0.251 e. The molecule has 0 aliphatic carbocycles. The Morgan fingerprint density at radius 2 is 1.77 bits per heavy atom. The fraction of sp³-hybridized carbons (Fsp3) is 0.292. The summed E-state index contributed by atoms with van der Waals surface area (Å²) in [7, 11) is 0. The smallest absolute Gasteiger partial charge is 0.251 e. The van der Waals surface area contributed by atoms with E-state index in [0.717, 1.165) is 29.8 Å². The Balaban J connectivity index is 1.61. The monoisotopic (exact) mass is 422 g/mol. The van der Waals surface area contributed by atoms with E-state index in [4.69, 9.17) is 11.6 Å². The van der Waals surface area contributed by atoms with Crippen molar-refractivity contribution in [2.45, 2.75) is 45.6 Å². The molecule has 5 nitrogen and oxygen atoms in total. The van der Waals surface area contributed by atoms with Gasteiger partial charge in [-0.1, -0.05) is 49.9 Å². The van der Waals surface area contributed by atoms with Crippen molar-refractivity contribution >= 4 is 29.1 Å². The average Bonchev–Trinajstić information content (AvgIpc) is 2.75. The number of unbranched alkanes of at least 4 members (excludes halogenated alkanes) is 2. The van der Waals surface area contributed by atoms with Gasteiger partial charge in [-0.3, -0.25) is 4.79 Å². The van der Waals surface area contributed by atoms with Gasteiger partial charge in [-0.2, -0.15) is 0 Å². The molecule has 1 atom stereocenters. The van der Waals surface area contributed by atoms with Crippen LogP contribution in [0.25, 0.3) is 11.3 Å². The quantitative estimate of drug-likeness (QED) is 0.400. The van der Waals surface area contributed by atoms with Gasteiger partial charge in [0.25, 0.3) is 5.91 Å². The Kier molecular flexibility index (Phi) is 7.80. The van der Waals surface area contributed by atoms with Crippen molar-refractivity contribution in [3.63, 3.8) is 0 Å². The van der Waals surface area contributed by atoms with Crippen LogP contribution in [0.15, 0.2) is 60.8 Å². The minimum absolute atomic E-state index is 0.0495. The van der Waals surface area contributed by atoms with Gasteiger partial charge in [-0.15, -0.1) is 0 Å². The number of rotatable bonds is 9. The molecule has 6 heteroatoms. The lowest BCUT2D eigenvalue weighted by Gasteiger charge is -2.14. The van der Waals surface area contributed by atoms with Gasteiger partial charge >= 0.3 is 0 Å². The van der Waals surface area contributed by atoms with Gasteiger partial charge in [0, 0.05) is 34.1 Å². The molecule has 1 unspecified atom stereocenters. The summed E-state index contributed by atoms with van der Waals surface area (Å²) in [6.45, 7) is 4.23. The molecule has 3 rings (SSSR count). The van der Waals surface area contributed by atoms with Crippen molar-refractivity contribution in [3.8, 4) is 11.3 Å². The average molecular weight is 423 g/mol. The number of carbonyl (C=O) groups is 1. The van der Waals surface area contributed by atoms with Crippen LogP contribution < -0.4 is 10.6 Å². The molecule has 0 bridgehead atoms. The van der Waals surface area contributed by atoms with E-state index in [-0.39, 0.29) is 11.9 Å². The molecule has 156 valence electrons. The maximum atomic E-state index is 12.4. The van der Waals surface area contributed by atoms with Crippen molar-refractivity contribution in [2.24, 2.45) is 0 Å². The summed E-state index contributed by atoms with van der Waals surface area (Å²) < 4.78 is 0. The first-order valence-corrected chi connectivity index (χ1v) is 10.7. The van der Waals surface area contributed by atoms with Crippen LogP contribution in [-0.4, -0.2) is 21.9 Å². The third-order valence-corrected chi connectivity index (χ3v) is 5.07. The van der Waals surface area contributed by atoms with Gasteiger partial charge < -0.3 is 10.6 Å². The van der Waals surface area contributed by atoms with E-state index in [1.165, 1.54) is 12.8 Å². The van der Waals surface area contributed by atoms with E-state index in [0.29, 0.717) is 16.5 Å². The molecular formula is C24H27ClN4O. The highest BCUT2D eigenvalue weighted by Crippen LogP contribution is 2.21. The second-order valence-electron chi connectivity index (χ2n) is 7.35. The van der Waals surface area contributed by atoms with Gasteiger partial charge in [-0.05, 0) is 55.8 Å². The second-order valence-corrected chi connectivity index (χ2v) is 7.78. The van der Waals surface area contributed by atoms with Crippen LogP contribution in [0.3, 0.4) is 0 Å². The van der Waals surface area contributed by atoms with Crippen LogP contribution >= 0.6 is 11.6 Å². The summed E-state index contributed by atoms with van der Waals surface area (Å²) in [6.07, 6.45) is 6.22. The Labute approximate surface area is 182 Å². The van der Waals surface area contributed by atoms with Gasteiger partial charge in [0.05, 0.1) is 5.69 Å². The number of carbonyl (C=O) groups excluding carboxylic acids is 1. The summed E-state index contributed by atoms with van der Waals surface area (Å²) in [4.78, 5) is 21.3. The zero-order valence-electron chi connectivity index (χ0n) is 17.4. The number of aromatic nitrogens is 2. The summed E-state index contributed by atoms with van der Waals surface area (Å²) in [5.41, 5.74) is 3.22. The fourth-order valence-corrected chi connectivity index (χ4v) is 3.24. The molecule has 30 heavy (non-hydrogen) atoms. The third kappa shape index (κ3) is 6.29. The molecule has 0 aliphatic rings. The summed E-state index contributed by atoms with van der Waals surface area (Å²) >= 11 is 5.96. The molecule has 0 saturated carbocycles. The molecule has 0 radical (unpaired) electrons. The Morgan fingerprint density at radius 1 is 1.03 bits per heavy atom. The van der Waals surface area contributed by atoms with Gasteiger partial charge in [0.1, 0.15) is 0 Å². The van der Waals surface area contributed by atoms with E-state index >= 15 is 0 Å². The molecule has 1 heterocycles. The first kappa shape index (κ1) is 21.8. The number of hydrogen-bond donors (Lipinski definition) is 2. The zero-order chi connectivity index (χ0) is 21.3. The van der Waals surface area contributed by atoms with Crippen LogP contribution in [0, 0.1) is 0 Å². The highest BCUT2D eigenvalue weighted by atomic mass is 35.5. The highest BCUT2D eigenvalue weighted by Gasteiger charge is 2.10. The van der Waals surface area contributed by atoms with Crippen LogP contribution in [0.2, 0.25) is 5.02 Å². The first-order valence-electron chi connectivity index (χ1n) is 10.3. The highest BCUT2D eigenvalue weighted by molar-refractivity contribution is 6.30.